The summed E-state index contributed by atoms with van der Waals surface area (Å²) < 4.78 is 12.4. The molecule has 0 spiro atoms. The molecule has 1 atom stereocenters. The molecule has 2 aromatic carbocycles. The minimum atomic E-state index is -0.252. The van der Waals surface area contributed by atoms with E-state index in [0.717, 1.165) is 16.2 Å². The van der Waals surface area contributed by atoms with E-state index in [9.17, 15) is 4.79 Å². The molecule has 31 heavy (non-hydrogen) atoms. The van der Waals surface area contributed by atoms with Crippen molar-refractivity contribution in [3.8, 4) is 5.75 Å². The number of anilines is 1. The minimum absolute atomic E-state index is 0.215. The summed E-state index contributed by atoms with van der Waals surface area (Å²) in [5, 5.41) is 7.41. The zero-order valence-corrected chi connectivity index (χ0v) is 18.5. The SMILES string of the molecule is CNC(c1cc2ccccc2s1)c1c(N)ccc(C(=O)NCc2ccc(C)o2)c1OC. The molecule has 4 aromatic rings. The summed E-state index contributed by atoms with van der Waals surface area (Å²) in [6, 6.07) is 17.3. The first-order chi connectivity index (χ1) is 15.0. The highest BCUT2D eigenvalue weighted by atomic mass is 32.1. The Kier molecular flexibility index (Phi) is 5.97. The molecule has 160 valence electrons. The molecule has 6 nitrogen and oxygen atoms in total. The summed E-state index contributed by atoms with van der Waals surface area (Å²) >= 11 is 1.69. The summed E-state index contributed by atoms with van der Waals surface area (Å²) in [5.74, 6) is 1.71. The standard InChI is InChI=1S/C24H25N3O3S/c1-14-8-9-16(30-14)13-27-24(28)17-10-11-18(25)21(23(17)29-3)22(26-2)20-12-15-6-4-5-7-19(15)31-20/h4-12,22,26H,13,25H2,1-3H3,(H,27,28). The van der Waals surface area contributed by atoms with E-state index in [2.05, 4.69) is 28.8 Å². The third-order valence-corrected chi connectivity index (χ3v) is 6.39. The van der Waals surface area contributed by atoms with Gasteiger partial charge in [0.2, 0.25) is 0 Å². The lowest BCUT2D eigenvalue weighted by Crippen LogP contribution is -2.25. The maximum atomic E-state index is 13.0. The fourth-order valence-electron chi connectivity index (χ4n) is 3.73. The van der Waals surface area contributed by atoms with E-state index in [-0.39, 0.29) is 11.9 Å². The first kappa shape index (κ1) is 21.0. The van der Waals surface area contributed by atoms with Crippen LogP contribution in [0.1, 0.15) is 38.4 Å². The fraction of sp³-hybridized carbons (Fsp3) is 0.208. The van der Waals surface area contributed by atoms with E-state index in [1.807, 2.05) is 38.2 Å². The van der Waals surface area contributed by atoms with Crippen LogP contribution in [0.5, 0.6) is 5.75 Å². The van der Waals surface area contributed by atoms with Crippen LogP contribution in [-0.2, 0) is 6.54 Å². The van der Waals surface area contributed by atoms with E-state index in [1.165, 1.54) is 10.1 Å². The van der Waals surface area contributed by atoms with Crippen molar-refractivity contribution < 1.29 is 13.9 Å². The third-order valence-electron chi connectivity index (χ3n) is 5.20. The number of carbonyl (C=O) groups is 1. The molecule has 4 N–H and O–H groups in total. The van der Waals surface area contributed by atoms with E-state index in [0.29, 0.717) is 29.3 Å². The van der Waals surface area contributed by atoms with Gasteiger partial charge < -0.3 is 25.5 Å². The van der Waals surface area contributed by atoms with Crippen LogP contribution in [0.4, 0.5) is 5.69 Å². The number of nitrogen functional groups attached to an aromatic ring is 1. The second-order valence-electron chi connectivity index (χ2n) is 7.25. The van der Waals surface area contributed by atoms with Crippen LogP contribution in [0, 0.1) is 6.92 Å². The Labute approximate surface area is 185 Å². The van der Waals surface area contributed by atoms with Gasteiger partial charge in [-0.15, -0.1) is 11.3 Å². The summed E-state index contributed by atoms with van der Waals surface area (Å²) in [6.45, 7) is 2.16. The Morgan fingerprint density at radius 1 is 1.19 bits per heavy atom. The molecule has 7 heteroatoms. The Morgan fingerprint density at radius 3 is 2.68 bits per heavy atom. The lowest BCUT2D eigenvalue weighted by Gasteiger charge is -2.22. The number of methoxy groups -OCH3 is 1. The molecular weight excluding hydrogens is 410 g/mol. The number of fused-ring (bicyclic) bond motifs is 1. The molecule has 0 aliphatic rings. The summed E-state index contributed by atoms with van der Waals surface area (Å²) in [7, 11) is 3.43. The van der Waals surface area contributed by atoms with Crippen molar-refractivity contribution in [1.82, 2.24) is 10.6 Å². The first-order valence-electron chi connectivity index (χ1n) is 9.97. The minimum Gasteiger partial charge on any atom is -0.495 e. The maximum absolute atomic E-state index is 13.0. The van der Waals surface area contributed by atoms with Crippen molar-refractivity contribution in [3.05, 3.63) is 82.1 Å². The number of thiophene rings is 1. The molecule has 1 unspecified atom stereocenters. The molecule has 2 heterocycles. The van der Waals surface area contributed by atoms with Gasteiger partial charge in [0.15, 0.2) is 0 Å². The average Bonchev–Trinajstić information content (AvgIpc) is 3.39. The molecule has 0 radical (unpaired) electrons. The summed E-state index contributed by atoms with van der Waals surface area (Å²) in [6.07, 6.45) is 0. The van der Waals surface area contributed by atoms with Crippen LogP contribution in [0.15, 0.2) is 59.0 Å². The highest BCUT2D eigenvalue weighted by Gasteiger charge is 2.26. The number of amides is 1. The molecule has 0 saturated carbocycles. The summed E-state index contributed by atoms with van der Waals surface area (Å²) in [4.78, 5) is 14.1. The Bertz CT molecular complexity index is 1200. The van der Waals surface area contributed by atoms with E-state index in [4.69, 9.17) is 14.9 Å². The van der Waals surface area contributed by atoms with Crippen LogP contribution in [-0.4, -0.2) is 20.1 Å². The van der Waals surface area contributed by atoms with Gasteiger partial charge in [-0.05, 0) is 55.8 Å². The first-order valence-corrected chi connectivity index (χ1v) is 10.8. The van der Waals surface area contributed by atoms with Gasteiger partial charge in [-0.25, -0.2) is 0 Å². The number of ether oxygens (including phenoxy) is 1. The number of nitrogens with two attached hydrogens (primary N) is 1. The Morgan fingerprint density at radius 2 is 2.00 bits per heavy atom. The predicted octanol–water partition coefficient (Wildman–Crippen LogP) is 4.63. The van der Waals surface area contributed by atoms with E-state index < -0.39 is 0 Å². The van der Waals surface area contributed by atoms with Gasteiger partial charge in [0, 0.05) is 20.8 Å². The van der Waals surface area contributed by atoms with Crippen LogP contribution in [0.2, 0.25) is 0 Å². The molecule has 0 saturated heterocycles. The number of benzene rings is 2. The maximum Gasteiger partial charge on any atom is 0.255 e. The van der Waals surface area contributed by atoms with Crippen molar-refractivity contribution in [2.24, 2.45) is 0 Å². The Balaban J connectivity index is 1.70. The van der Waals surface area contributed by atoms with Crippen LogP contribution >= 0.6 is 11.3 Å². The number of aryl methyl sites for hydroxylation is 1. The van der Waals surface area contributed by atoms with Gasteiger partial charge >= 0.3 is 0 Å². The fourth-order valence-corrected chi connectivity index (χ4v) is 4.91. The Hall–Kier alpha value is -3.29. The van der Waals surface area contributed by atoms with E-state index >= 15 is 0 Å². The van der Waals surface area contributed by atoms with Crippen molar-refractivity contribution in [1.29, 1.82) is 0 Å². The van der Waals surface area contributed by atoms with Crippen LogP contribution in [0.25, 0.3) is 10.1 Å². The molecule has 0 bridgehead atoms. The molecule has 1 amide bonds. The van der Waals surface area contributed by atoms with Gasteiger partial charge in [0.05, 0.1) is 25.3 Å². The molecule has 0 aliphatic heterocycles. The van der Waals surface area contributed by atoms with E-state index in [1.54, 1.807) is 30.6 Å². The van der Waals surface area contributed by atoms with Crippen molar-refractivity contribution in [3.63, 3.8) is 0 Å². The number of nitrogens with one attached hydrogen (secondary N) is 2. The average molecular weight is 436 g/mol. The van der Waals surface area contributed by atoms with Crippen LogP contribution in [0.3, 0.4) is 0 Å². The predicted molar refractivity (Wildman–Crippen MR) is 125 cm³/mol. The molecular formula is C24H25N3O3S. The number of carbonyl (C=O) groups excluding carboxylic acids is 1. The van der Waals surface area contributed by atoms with Crippen molar-refractivity contribution in [2.75, 3.05) is 19.9 Å². The normalized spacial score (nSPS) is 12.1. The monoisotopic (exact) mass is 435 g/mol. The highest BCUT2D eigenvalue weighted by Crippen LogP contribution is 2.40. The summed E-state index contributed by atoms with van der Waals surface area (Å²) in [5.41, 5.74) is 8.12. The molecule has 0 aliphatic carbocycles. The zero-order valence-electron chi connectivity index (χ0n) is 17.7. The highest BCUT2D eigenvalue weighted by molar-refractivity contribution is 7.19. The topological polar surface area (TPSA) is 89.5 Å². The smallest absolute Gasteiger partial charge is 0.255 e. The molecule has 4 rings (SSSR count). The van der Waals surface area contributed by atoms with Gasteiger partial charge in [-0.3, -0.25) is 4.79 Å². The number of furan rings is 1. The second kappa shape index (κ2) is 8.83. The zero-order chi connectivity index (χ0) is 22.0. The third kappa shape index (κ3) is 4.15. The molecule has 0 fully saturated rings. The van der Waals surface area contributed by atoms with Crippen molar-refractivity contribution in [2.45, 2.75) is 19.5 Å². The number of hydrogen-bond acceptors (Lipinski definition) is 6. The largest absolute Gasteiger partial charge is 0.495 e. The quantitative estimate of drug-likeness (QED) is 0.368. The van der Waals surface area contributed by atoms with Crippen molar-refractivity contribution >= 4 is 33.0 Å². The van der Waals surface area contributed by atoms with Gasteiger partial charge in [-0.1, -0.05) is 18.2 Å². The second-order valence-corrected chi connectivity index (χ2v) is 8.37. The van der Waals surface area contributed by atoms with Gasteiger partial charge in [0.1, 0.15) is 17.3 Å². The lowest BCUT2D eigenvalue weighted by molar-refractivity contribution is 0.0944. The lowest BCUT2D eigenvalue weighted by atomic mass is 9.98. The molecule has 2 aromatic heterocycles. The number of rotatable bonds is 7. The number of hydrogen-bond donors (Lipinski definition) is 3. The van der Waals surface area contributed by atoms with Gasteiger partial charge in [0.25, 0.3) is 5.91 Å². The van der Waals surface area contributed by atoms with Gasteiger partial charge in [-0.2, -0.15) is 0 Å². The van der Waals surface area contributed by atoms with Crippen LogP contribution < -0.4 is 21.1 Å².